The lowest BCUT2D eigenvalue weighted by Crippen LogP contribution is -2.13. The average molecular weight is 276 g/mol. The van der Waals surface area contributed by atoms with Gasteiger partial charge >= 0.3 is 0 Å². The van der Waals surface area contributed by atoms with Crippen molar-refractivity contribution < 1.29 is 5.11 Å². The summed E-state index contributed by atoms with van der Waals surface area (Å²) in [5.41, 5.74) is 1.07. The summed E-state index contributed by atoms with van der Waals surface area (Å²) in [7, 11) is 0. The van der Waals surface area contributed by atoms with Gasteiger partial charge in [0, 0.05) is 29.0 Å². The van der Waals surface area contributed by atoms with Crippen LogP contribution in [0.5, 0.6) is 0 Å². The number of hydrogen-bond acceptors (Lipinski definition) is 3. The molecule has 0 amide bonds. The average Bonchev–Trinajstić information content (AvgIpc) is 2.15. The molecule has 4 heteroatoms. The van der Waals surface area contributed by atoms with Crippen molar-refractivity contribution in [3.63, 3.8) is 0 Å². The van der Waals surface area contributed by atoms with E-state index in [-0.39, 0.29) is 6.10 Å². The fraction of sp³-hybridized carbons (Fsp3) is 0.500. The Kier molecular flexibility index (Phi) is 5.52. The second-order valence-corrected chi connectivity index (χ2v) is 5.26. The van der Waals surface area contributed by atoms with Gasteiger partial charge in [0.15, 0.2) is 0 Å². The van der Waals surface area contributed by atoms with E-state index in [4.69, 9.17) is 0 Å². The molecule has 1 heterocycles. The van der Waals surface area contributed by atoms with E-state index in [1.165, 1.54) is 0 Å². The van der Waals surface area contributed by atoms with E-state index in [9.17, 15) is 5.11 Å². The number of aliphatic hydroxyl groups excluding tert-OH is 1. The normalized spacial score (nSPS) is 12.8. The zero-order valence-corrected chi connectivity index (χ0v) is 10.5. The summed E-state index contributed by atoms with van der Waals surface area (Å²) in [6.07, 6.45) is 3.96. The number of pyridine rings is 1. The van der Waals surface area contributed by atoms with E-state index >= 15 is 0 Å². The van der Waals surface area contributed by atoms with Crippen LogP contribution in [-0.2, 0) is 6.42 Å². The lowest BCUT2D eigenvalue weighted by molar-refractivity contribution is 0.200. The minimum absolute atomic E-state index is 0.268. The molecule has 2 nitrogen and oxygen atoms in total. The second-order valence-electron chi connectivity index (χ2n) is 3.03. The summed E-state index contributed by atoms with van der Waals surface area (Å²) in [4.78, 5) is 4.05. The van der Waals surface area contributed by atoms with Gasteiger partial charge in [0.2, 0.25) is 0 Å². The highest BCUT2D eigenvalue weighted by molar-refractivity contribution is 9.10. The fourth-order valence-corrected chi connectivity index (χ4v) is 2.19. The molecule has 1 atom stereocenters. The van der Waals surface area contributed by atoms with Gasteiger partial charge in [0.05, 0.1) is 6.10 Å². The first-order valence-corrected chi connectivity index (χ1v) is 6.52. The van der Waals surface area contributed by atoms with Gasteiger partial charge in [-0.15, -0.1) is 0 Å². The molecule has 0 aliphatic heterocycles. The second kappa shape index (κ2) is 6.43. The van der Waals surface area contributed by atoms with Crippen LogP contribution in [0.1, 0.15) is 12.5 Å². The lowest BCUT2D eigenvalue weighted by Gasteiger charge is -2.09. The van der Waals surface area contributed by atoms with Gasteiger partial charge in [0.1, 0.15) is 0 Å². The van der Waals surface area contributed by atoms with Gasteiger partial charge < -0.3 is 5.11 Å². The summed E-state index contributed by atoms with van der Waals surface area (Å²) in [5, 5.41) is 9.66. The lowest BCUT2D eigenvalue weighted by atomic mass is 10.1. The molecule has 14 heavy (non-hydrogen) atoms. The molecule has 0 bridgehead atoms. The van der Waals surface area contributed by atoms with Crippen LogP contribution >= 0.6 is 27.7 Å². The predicted molar refractivity (Wildman–Crippen MR) is 64.6 cm³/mol. The van der Waals surface area contributed by atoms with Gasteiger partial charge in [-0.3, -0.25) is 4.98 Å². The first-order valence-electron chi connectivity index (χ1n) is 4.57. The SMILES string of the molecule is CCSCC(O)Cc1cncc(Br)c1. The number of thioether (sulfide) groups is 1. The van der Waals surface area contributed by atoms with Gasteiger partial charge in [-0.1, -0.05) is 6.92 Å². The van der Waals surface area contributed by atoms with Crippen molar-refractivity contribution in [3.05, 3.63) is 28.5 Å². The summed E-state index contributed by atoms with van der Waals surface area (Å²) in [5.74, 6) is 1.84. The Balaban J connectivity index is 2.43. The monoisotopic (exact) mass is 275 g/mol. The number of rotatable bonds is 5. The minimum atomic E-state index is -0.268. The summed E-state index contributed by atoms with van der Waals surface area (Å²) >= 11 is 5.11. The van der Waals surface area contributed by atoms with Crippen LogP contribution in [-0.4, -0.2) is 27.7 Å². The van der Waals surface area contributed by atoms with Crippen LogP contribution in [0.15, 0.2) is 22.9 Å². The summed E-state index contributed by atoms with van der Waals surface area (Å²) in [6, 6.07) is 1.99. The molecule has 0 saturated heterocycles. The third-order valence-electron chi connectivity index (χ3n) is 1.75. The maximum atomic E-state index is 9.66. The first-order chi connectivity index (χ1) is 6.72. The molecule has 0 aromatic carbocycles. The van der Waals surface area contributed by atoms with Crippen molar-refractivity contribution in [1.82, 2.24) is 4.98 Å². The molecule has 1 aromatic rings. The fourth-order valence-electron chi connectivity index (χ4n) is 1.15. The van der Waals surface area contributed by atoms with Crippen molar-refractivity contribution >= 4 is 27.7 Å². The molecule has 1 rings (SSSR count). The standard InChI is InChI=1S/C10H14BrNOS/c1-2-14-7-10(13)4-8-3-9(11)6-12-5-8/h3,5-6,10,13H,2,4,7H2,1H3. The predicted octanol–water partition coefficient (Wildman–Crippen LogP) is 2.50. The molecule has 78 valence electrons. The Morgan fingerprint density at radius 3 is 3.00 bits per heavy atom. The number of halogens is 1. The smallest absolute Gasteiger partial charge is 0.0671 e. The third kappa shape index (κ3) is 4.44. The van der Waals surface area contributed by atoms with Crippen molar-refractivity contribution in [3.8, 4) is 0 Å². The molecule has 1 unspecified atom stereocenters. The highest BCUT2D eigenvalue weighted by Gasteiger charge is 2.05. The molecular formula is C10H14BrNOS. The van der Waals surface area contributed by atoms with Crippen LogP contribution < -0.4 is 0 Å². The molecule has 0 aliphatic rings. The maximum Gasteiger partial charge on any atom is 0.0671 e. The number of nitrogens with zero attached hydrogens (tertiary/aromatic N) is 1. The van der Waals surface area contributed by atoms with Crippen LogP contribution in [0.4, 0.5) is 0 Å². The molecule has 0 fully saturated rings. The van der Waals surface area contributed by atoms with E-state index in [0.717, 1.165) is 21.5 Å². The maximum absolute atomic E-state index is 9.66. The van der Waals surface area contributed by atoms with Gasteiger partial charge in [0.25, 0.3) is 0 Å². The molecule has 1 N–H and O–H groups in total. The van der Waals surface area contributed by atoms with E-state index in [0.29, 0.717) is 6.42 Å². The van der Waals surface area contributed by atoms with E-state index in [1.54, 1.807) is 24.2 Å². The van der Waals surface area contributed by atoms with Gasteiger partial charge in [-0.05, 0) is 33.3 Å². The van der Waals surface area contributed by atoms with E-state index < -0.39 is 0 Å². The number of hydrogen-bond donors (Lipinski definition) is 1. The highest BCUT2D eigenvalue weighted by Crippen LogP contribution is 2.12. The zero-order chi connectivity index (χ0) is 10.4. The van der Waals surface area contributed by atoms with Crippen molar-refractivity contribution in [2.24, 2.45) is 0 Å². The zero-order valence-electron chi connectivity index (χ0n) is 8.11. The Morgan fingerprint density at radius 1 is 1.57 bits per heavy atom. The van der Waals surface area contributed by atoms with Crippen LogP contribution in [0.3, 0.4) is 0 Å². The molecule has 0 radical (unpaired) electrons. The molecule has 1 aromatic heterocycles. The Bertz CT molecular complexity index is 283. The van der Waals surface area contributed by atoms with Crippen LogP contribution in [0, 0.1) is 0 Å². The topological polar surface area (TPSA) is 33.1 Å². The Hall–Kier alpha value is -0.0600. The van der Waals surface area contributed by atoms with Crippen molar-refractivity contribution in [1.29, 1.82) is 0 Å². The molecular weight excluding hydrogens is 262 g/mol. The van der Waals surface area contributed by atoms with Crippen LogP contribution in [0.25, 0.3) is 0 Å². The van der Waals surface area contributed by atoms with Crippen molar-refractivity contribution in [2.45, 2.75) is 19.4 Å². The largest absolute Gasteiger partial charge is 0.392 e. The van der Waals surface area contributed by atoms with Gasteiger partial charge in [-0.25, -0.2) is 0 Å². The molecule has 0 saturated carbocycles. The molecule has 0 aliphatic carbocycles. The first kappa shape index (κ1) is 12.0. The van der Waals surface area contributed by atoms with E-state index in [2.05, 4.69) is 27.8 Å². The van der Waals surface area contributed by atoms with Crippen molar-refractivity contribution in [2.75, 3.05) is 11.5 Å². The van der Waals surface area contributed by atoms with E-state index in [1.807, 2.05) is 6.07 Å². The molecule has 0 spiro atoms. The highest BCUT2D eigenvalue weighted by atomic mass is 79.9. The number of aliphatic hydroxyl groups is 1. The summed E-state index contributed by atoms with van der Waals surface area (Å²) < 4.78 is 0.963. The number of aromatic nitrogens is 1. The Labute approximate surface area is 97.3 Å². The Morgan fingerprint density at radius 2 is 2.36 bits per heavy atom. The van der Waals surface area contributed by atoms with Crippen LogP contribution in [0.2, 0.25) is 0 Å². The minimum Gasteiger partial charge on any atom is -0.392 e. The quantitative estimate of drug-likeness (QED) is 0.897. The van der Waals surface area contributed by atoms with Gasteiger partial charge in [-0.2, -0.15) is 11.8 Å². The summed E-state index contributed by atoms with van der Waals surface area (Å²) in [6.45, 7) is 2.10. The third-order valence-corrected chi connectivity index (χ3v) is 3.21.